The third-order valence-corrected chi connectivity index (χ3v) is 3.38. The van der Waals surface area contributed by atoms with Crippen LogP contribution in [0.4, 0.5) is 0 Å². The molecule has 0 spiro atoms. The molecule has 0 aliphatic rings. The fourth-order valence-electron chi connectivity index (χ4n) is 1.96. The van der Waals surface area contributed by atoms with E-state index in [4.69, 9.17) is 11.6 Å². The maximum absolute atomic E-state index is 11.2. The lowest BCUT2D eigenvalue weighted by Crippen LogP contribution is -2.16. The molecule has 0 amide bonds. The second kappa shape index (κ2) is 5.21. The molecule has 0 fully saturated rings. The lowest BCUT2D eigenvalue weighted by molar-refractivity contribution is 0.112. The monoisotopic (exact) mass is 256 g/mol. The highest BCUT2D eigenvalue weighted by atomic mass is 35.5. The first-order valence-electron chi connectivity index (χ1n) is 6.10. The van der Waals surface area contributed by atoms with Crippen LogP contribution in [0.2, 0.25) is 5.15 Å². The van der Waals surface area contributed by atoms with Crippen LogP contribution in [0.3, 0.4) is 0 Å². The molecule has 0 aliphatic carbocycles. The zero-order chi connectivity index (χ0) is 13.2. The number of aromatic nitrogens is 2. The van der Waals surface area contributed by atoms with E-state index in [0.717, 1.165) is 24.8 Å². The zero-order valence-electron chi connectivity index (χ0n) is 11.2. The topological polar surface area (TPSA) is 34.9 Å². The van der Waals surface area contributed by atoms with E-state index in [0.29, 0.717) is 10.7 Å². The first-order valence-corrected chi connectivity index (χ1v) is 6.48. The molecule has 0 N–H and O–H groups in total. The van der Waals surface area contributed by atoms with Crippen LogP contribution >= 0.6 is 11.6 Å². The predicted octanol–water partition coefficient (Wildman–Crippen LogP) is 4.01. The molecule has 0 saturated carbocycles. The van der Waals surface area contributed by atoms with Gasteiger partial charge in [-0.25, -0.2) is 4.68 Å². The van der Waals surface area contributed by atoms with Crippen LogP contribution < -0.4 is 0 Å². The van der Waals surface area contributed by atoms with Crippen molar-refractivity contribution < 1.29 is 4.79 Å². The second-order valence-electron chi connectivity index (χ2n) is 5.34. The number of aldehydes is 1. The van der Waals surface area contributed by atoms with Gasteiger partial charge in [-0.2, -0.15) is 5.10 Å². The highest BCUT2D eigenvalue weighted by molar-refractivity contribution is 6.32. The summed E-state index contributed by atoms with van der Waals surface area (Å²) in [5.74, 6) is 0. The molecule has 0 radical (unpaired) electrons. The third-order valence-electron chi connectivity index (χ3n) is 3.00. The van der Waals surface area contributed by atoms with Crippen molar-refractivity contribution in [3.8, 4) is 0 Å². The molecule has 0 atom stereocenters. The van der Waals surface area contributed by atoms with Crippen molar-refractivity contribution in [1.82, 2.24) is 9.78 Å². The summed E-state index contributed by atoms with van der Waals surface area (Å²) in [4.78, 5) is 11.2. The maximum atomic E-state index is 11.2. The Bertz CT molecular complexity index is 400. The molecular weight excluding hydrogens is 236 g/mol. The summed E-state index contributed by atoms with van der Waals surface area (Å²) in [5.41, 5.74) is 1.15. The number of halogens is 1. The Labute approximate surface area is 108 Å². The number of carbonyl (C=O) groups is 1. The van der Waals surface area contributed by atoms with Gasteiger partial charge in [0.05, 0.1) is 17.3 Å². The van der Waals surface area contributed by atoms with Crippen LogP contribution in [0.1, 0.15) is 69.6 Å². The molecule has 0 aromatic carbocycles. The Morgan fingerprint density at radius 1 is 1.35 bits per heavy atom. The summed E-state index contributed by atoms with van der Waals surface area (Å²) < 4.78 is 1.80. The Hall–Kier alpha value is -0.830. The normalized spacial score (nSPS) is 12.2. The largest absolute Gasteiger partial charge is 0.298 e. The first kappa shape index (κ1) is 14.2. The summed E-state index contributed by atoms with van der Waals surface area (Å²) in [7, 11) is 0. The summed E-state index contributed by atoms with van der Waals surface area (Å²) in [5, 5.41) is 5.02. The van der Waals surface area contributed by atoms with Crippen LogP contribution in [-0.4, -0.2) is 16.1 Å². The second-order valence-corrected chi connectivity index (χ2v) is 5.69. The van der Waals surface area contributed by atoms with Crippen molar-refractivity contribution in [2.45, 2.75) is 58.9 Å². The van der Waals surface area contributed by atoms with Gasteiger partial charge < -0.3 is 0 Å². The fourth-order valence-corrected chi connectivity index (χ4v) is 2.27. The van der Waals surface area contributed by atoms with Crippen molar-refractivity contribution in [2.24, 2.45) is 0 Å². The van der Waals surface area contributed by atoms with Gasteiger partial charge in [-0.05, 0) is 12.8 Å². The Balaban J connectivity index is 3.36. The molecule has 0 saturated heterocycles. The average molecular weight is 257 g/mol. The van der Waals surface area contributed by atoms with Gasteiger partial charge >= 0.3 is 0 Å². The summed E-state index contributed by atoms with van der Waals surface area (Å²) >= 11 is 6.26. The SMILES string of the molecule is CCC(CC)n1nc(C(C)(C)C)c(C=O)c1Cl. The number of hydrogen-bond acceptors (Lipinski definition) is 2. The van der Waals surface area contributed by atoms with Crippen LogP contribution in [0.15, 0.2) is 0 Å². The minimum absolute atomic E-state index is 0.169. The molecular formula is C13H21ClN2O. The molecule has 96 valence electrons. The minimum Gasteiger partial charge on any atom is -0.298 e. The molecule has 0 aliphatic heterocycles. The van der Waals surface area contributed by atoms with Crippen molar-refractivity contribution in [2.75, 3.05) is 0 Å². The lowest BCUT2D eigenvalue weighted by Gasteiger charge is -2.17. The van der Waals surface area contributed by atoms with E-state index in [9.17, 15) is 4.79 Å². The van der Waals surface area contributed by atoms with Gasteiger partial charge in [0.1, 0.15) is 5.15 Å². The predicted molar refractivity (Wildman–Crippen MR) is 70.9 cm³/mol. The van der Waals surface area contributed by atoms with E-state index in [-0.39, 0.29) is 11.5 Å². The van der Waals surface area contributed by atoms with Crippen LogP contribution in [0.5, 0.6) is 0 Å². The fraction of sp³-hybridized carbons (Fsp3) is 0.692. The first-order chi connectivity index (χ1) is 7.86. The number of hydrogen-bond donors (Lipinski definition) is 0. The molecule has 1 rings (SSSR count). The third kappa shape index (κ3) is 2.71. The molecule has 1 aromatic heterocycles. The molecule has 0 bridgehead atoms. The Morgan fingerprint density at radius 2 is 1.88 bits per heavy atom. The number of carbonyl (C=O) groups excluding carboxylic acids is 1. The summed E-state index contributed by atoms with van der Waals surface area (Å²) in [6, 6.07) is 0.261. The Kier molecular flexibility index (Phi) is 4.36. The highest BCUT2D eigenvalue weighted by Crippen LogP contribution is 2.31. The van der Waals surface area contributed by atoms with Gasteiger partial charge in [0.25, 0.3) is 0 Å². The van der Waals surface area contributed by atoms with E-state index in [2.05, 4.69) is 18.9 Å². The van der Waals surface area contributed by atoms with Crippen molar-refractivity contribution in [1.29, 1.82) is 0 Å². The standard InChI is InChI=1S/C13H21ClN2O/c1-6-9(7-2)16-12(14)10(8-17)11(15-16)13(3,4)5/h8-9H,6-7H2,1-5H3. The molecule has 17 heavy (non-hydrogen) atoms. The van der Waals surface area contributed by atoms with E-state index in [1.165, 1.54) is 0 Å². The van der Waals surface area contributed by atoms with Crippen molar-refractivity contribution >= 4 is 17.9 Å². The quantitative estimate of drug-likeness (QED) is 0.763. The lowest BCUT2D eigenvalue weighted by atomic mass is 9.90. The molecule has 1 heterocycles. The van der Waals surface area contributed by atoms with Gasteiger partial charge in [0.15, 0.2) is 6.29 Å². The Morgan fingerprint density at radius 3 is 2.18 bits per heavy atom. The van der Waals surface area contributed by atoms with Crippen molar-refractivity contribution in [3.63, 3.8) is 0 Å². The van der Waals surface area contributed by atoms with Gasteiger partial charge in [-0.15, -0.1) is 0 Å². The van der Waals surface area contributed by atoms with Gasteiger partial charge in [-0.3, -0.25) is 4.79 Å². The minimum atomic E-state index is -0.169. The highest BCUT2D eigenvalue weighted by Gasteiger charge is 2.27. The summed E-state index contributed by atoms with van der Waals surface area (Å²) in [6.45, 7) is 10.3. The van der Waals surface area contributed by atoms with Crippen LogP contribution in [0.25, 0.3) is 0 Å². The van der Waals surface area contributed by atoms with Crippen LogP contribution in [0, 0.1) is 0 Å². The molecule has 1 aromatic rings. The zero-order valence-corrected chi connectivity index (χ0v) is 12.0. The van der Waals surface area contributed by atoms with Gasteiger partial charge in [0.2, 0.25) is 0 Å². The van der Waals surface area contributed by atoms with Crippen molar-refractivity contribution in [3.05, 3.63) is 16.4 Å². The molecule has 0 unspecified atom stereocenters. The molecule has 4 heteroatoms. The van der Waals surface area contributed by atoms with E-state index in [1.807, 2.05) is 20.8 Å². The molecule has 3 nitrogen and oxygen atoms in total. The number of nitrogens with zero attached hydrogens (tertiary/aromatic N) is 2. The number of rotatable bonds is 4. The van der Waals surface area contributed by atoms with E-state index < -0.39 is 0 Å². The van der Waals surface area contributed by atoms with Gasteiger partial charge in [0, 0.05) is 5.41 Å². The van der Waals surface area contributed by atoms with E-state index >= 15 is 0 Å². The summed E-state index contributed by atoms with van der Waals surface area (Å²) in [6.07, 6.45) is 2.73. The average Bonchev–Trinajstić information content (AvgIpc) is 2.58. The maximum Gasteiger partial charge on any atom is 0.155 e. The van der Waals surface area contributed by atoms with Crippen LogP contribution in [-0.2, 0) is 5.41 Å². The van der Waals surface area contributed by atoms with E-state index in [1.54, 1.807) is 4.68 Å². The smallest absolute Gasteiger partial charge is 0.155 e. The van der Waals surface area contributed by atoms with Gasteiger partial charge in [-0.1, -0.05) is 46.2 Å².